The van der Waals surface area contributed by atoms with E-state index in [9.17, 15) is 9.59 Å². The van der Waals surface area contributed by atoms with E-state index < -0.39 is 11.8 Å². The van der Waals surface area contributed by atoms with Gasteiger partial charge in [-0.25, -0.2) is 0 Å². The van der Waals surface area contributed by atoms with E-state index in [1.807, 2.05) is 6.07 Å². The van der Waals surface area contributed by atoms with Crippen LogP contribution in [-0.2, 0) is 9.59 Å². The van der Waals surface area contributed by atoms with Crippen LogP contribution in [0.2, 0.25) is 0 Å². The van der Waals surface area contributed by atoms with Crippen LogP contribution in [0.4, 0.5) is 5.69 Å². The van der Waals surface area contributed by atoms with Crippen molar-refractivity contribution in [3.05, 3.63) is 42.2 Å². The number of allylic oxidation sites excluding steroid dienone is 2. The third kappa shape index (κ3) is 3.22. The van der Waals surface area contributed by atoms with Crippen molar-refractivity contribution in [2.24, 2.45) is 17.8 Å². The van der Waals surface area contributed by atoms with E-state index in [0.717, 1.165) is 6.42 Å². The van der Waals surface area contributed by atoms with Crippen molar-refractivity contribution in [2.45, 2.75) is 19.8 Å². The maximum absolute atomic E-state index is 12.2. The number of tetrazole rings is 1. The van der Waals surface area contributed by atoms with Crippen LogP contribution in [0.5, 0.6) is 0 Å². The van der Waals surface area contributed by atoms with Gasteiger partial charge >= 0.3 is 11.8 Å². The molecule has 1 aromatic carbocycles. The van der Waals surface area contributed by atoms with E-state index in [2.05, 4.69) is 38.3 Å². The summed E-state index contributed by atoms with van der Waals surface area (Å²) < 4.78 is 1.55. The van der Waals surface area contributed by atoms with Crippen LogP contribution < -0.4 is 10.6 Å². The number of carbonyl (C=O) groups is 2. The Morgan fingerprint density at radius 3 is 2.81 bits per heavy atom. The number of amides is 2. The Hall–Kier alpha value is -3.03. The van der Waals surface area contributed by atoms with E-state index in [1.54, 1.807) is 29.8 Å². The summed E-state index contributed by atoms with van der Waals surface area (Å²) in [7, 11) is 0. The summed E-state index contributed by atoms with van der Waals surface area (Å²) in [6.45, 7) is 2.32. The number of aromatic nitrogens is 4. The summed E-state index contributed by atoms with van der Waals surface area (Å²) in [5.41, 5.74) is 1.22. The maximum Gasteiger partial charge on any atom is 0.313 e. The molecule has 134 valence electrons. The topological polar surface area (TPSA) is 102 Å². The summed E-state index contributed by atoms with van der Waals surface area (Å²) in [5.74, 6) is 0.974. The number of aryl methyl sites for hydroxylation is 1. The standard InChI is InChI=1S/C18H20N6O2/c1-11-21-22-23-24(11)16-4-2-3-15(9-16)20-18(26)17(25)19-10-14-8-12-5-6-13(14)7-12/h2-6,9,12-14H,7-8,10H2,1H3,(H,19,25)(H,20,26)/t12-,13+,14-/m1/s1. The number of nitrogens with zero attached hydrogens (tertiary/aromatic N) is 4. The Balaban J connectivity index is 1.35. The molecule has 2 N–H and O–H groups in total. The van der Waals surface area contributed by atoms with Gasteiger partial charge in [0.25, 0.3) is 0 Å². The Morgan fingerprint density at radius 2 is 2.12 bits per heavy atom. The van der Waals surface area contributed by atoms with Crippen molar-refractivity contribution in [3.63, 3.8) is 0 Å². The van der Waals surface area contributed by atoms with Gasteiger partial charge in [0.15, 0.2) is 5.82 Å². The average molecular weight is 352 g/mol. The molecule has 0 saturated heterocycles. The first kappa shape index (κ1) is 16.4. The molecule has 8 heteroatoms. The first-order valence-electron chi connectivity index (χ1n) is 8.73. The lowest BCUT2D eigenvalue weighted by Crippen LogP contribution is -2.38. The Labute approximate surface area is 150 Å². The van der Waals surface area contributed by atoms with Gasteiger partial charge in [-0.3, -0.25) is 9.59 Å². The number of anilines is 1. The molecule has 2 aromatic rings. The van der Waals surface area contributed by atoms with Crippen LogP contribution in [0, 0.1) is 24.7 Å². The molecule has 1 saturated carbocycles. The number of rotatable bonds is 4. The Bertz CT molecular complexity index is 874. The molecule has 0 unspecified atom stereocenters. The lowest BCUT2D eigenvalue weighted by Gasteiger charge is -2.18. The largest absolute Gasteiger partial charge is 0.348 e. The molecule has 8 nitrogen and oxygen atoms in total. The van der Waals surface area contributed by atoms with Crippen molar-refractivity contribution >= 4 is 17.5 Å². The molecule has 2 amide bonds. The highest BCUT2D eigenvalue weighted by atomic mass is 16.2. The molecule has 2 bridgehead atoms. The van der Waals surface area contributed by atoms with Gasteiger partial charge in [0.1, 0.15) is 0 Å². The fourth-order valence-electron chi connectivity index (χ4n) is 3.81. The zero-order valence-electron chi connectivity index (χ0n) is 14.4. The van der Waals surface area contributed by atoms with Gasteiger partial charge in [0.2, 0.25) is 0 Å². The van der Waals surface area contributed by atoms with Crippen LogP contribution in [0.1, 0.15) is 18.7 Å². The number of nitrogens with one attached hydrogen (secondary N) is 2. The van der Waals surface area contributed by atoms with E-state index in [-0.39, 0.29) is 0 Å². The lowest BCUT2D eigenvalue weighted by atomic mass is 9.94. The Morgan fingerprint density at radius 1 is 1.23 bits per heavy atom. The van der Waals surface area contributed by atoms with Crippen LogP contribution in [0.25, 0.3) is 5.69 Å². The third-order valence-electron chi connectivity index (χ3n) is 5.12. The molecule has 2 aliphatic rings. The van der Waals surface area contributed by atoms with Gasteiger partial charge in [-0.2, -0.15) is 4.68 Å². The summed E-state index contributed by atoms with van der Waals surface area (Å²) in [5, 5.41) is 16.7. The number of hydrogen-bond donors (Lipinski definition) is 2. The Kier molecular flexibility index (Phi) is 4.24. The number of carbonyl (C=O) groups excluding carboxylic acids is 2. The monoisotopic (exact) mass is 352 g/mol. The molecule has 0 aliphatic heterocycles. The van der Waals surface area contributed by atoms with E-state index in [4.69, 9.17) is 0 Å². The van der Waals surface area contributed by atoms with Crippen molar-refractivity contribution in [2.75, 3.05) is 11.9 Å². The molecule has 1 heterocycles. The minimum absolute atomic E-state index is 0.438. The van der Waals surface area contributed by atoms with Crippen LogP contribution >= 0.6 is 0 Å². The number of hydrogen-bond acceptors (Lipinski definition) is 5. The smallest absolute Gasteiger partial charge is 0.313 e. The van der Waals surface area contributed by atoms with Crippen molar-refractivity contribution in [1.29, 1.82) is 0 Å². The van der Waals surface area contributed by atoms with Crippen LogP contribution in [0.15, 0.2) is 36.4 Å². The third-order valence-corrected chi connectivity index (χ3v) is 5.12. The first-order valence-corrected chi connectivity index (χ1v) is 8.73. The predicted molar refractivity (Wildman–Crippen MR) is 94.4 cm³/mol. The van der Waals surface area contributed by atoms with Gasteiger partial charge in [0, 0.05) is 12.2 Å². The molecule has 1 fully saturated rings. The second kappa shape index (κ2) is 6.70. The fourth-order valence-corrected chi connectivity index (χ4v) is 3.81. The SMILES string of the molecule is Cc1nnnn1-c1cccc(NC(=O)C(=O)NC[C@H]2C[C@@H]3C=C[C@H]2C3)c1. The zero-order chi connectivity index (χ0) is 18.1. The summed E-state index contributed by atoms with van der Waals surface area (Å²) in [6, 6.07) is 7.03. The van der Waals surface area contributed by atoms with Crippen molar-refractivity contribution < 1.29 is 9.59 Å². The second-order valence-corrected chi connectivity index (χ2v) is 6.89. The van der Waals surface area contributed by atoms with E-state index in [1.165, 1.54) is 6.42 Å². The van der Waals surface area contributed by atoms with Gasteiger partial charge < -0.3 is 10.6 Å². The molecule has 2 aliphatic carbocycles. The van der Waals surface area contributed by atoms with Crippen molar-refractivity contribution in [1.82, 2.24) is 25.5 Å². The highest BCUT2D eigenvalue weighted by Crippen LogP contribution is 2.42. The van der Waals surface area contributed by atoms with Crippen LogP contribution in [-0.4, -0.2) is 38.6 Å². The summed E-state index contributed by atoms with van der Waals surface area (Å²) in [4.78, 5) is 24.3. The minimum atomic E-state index is -0.672. The predicted octanol–water partition coefficient (Wildman–Crippen LogP) is 1.24. The average Bonchev–Trinajstić information content (AvgIpc) is 3.36. The summed E-state index contributed by atoms with van der Waals surface area (Å²) >= 11 is 0. The first-order chi connectivity index (χ1) is 12.6. The molecule has 0 radical (unpaired) electrons. The quantitative estimate of drug-likeness (QED) is 0.637. The maximum atomic E-state index is 12.2. The number of benzene rings is 1. The zero-order valence-corrected chi connectivity index (χ0v) is 14.4. The molecule has 26 heavy (non-hydrogen) atoms. The van der Waals surface area contributed by atoms with Crippen molar-refractivity contribution in [3.8, 4) is 5.69 Å². The molecule has 1 aromatic heterocycles. The lowest BCUT2D eigenvalue weighted by molar-refractivity contribution is -0.136. The molecular formula is C18H20N6O2. The second-order valence-electron chi connectivity index (χ2n) is 6.89. The van der Waals surface area contributed by atoms with Gasteiger partial charge in [-0.15, -0.1) is 5.10 Å². The van der Waals surface area contributed by atoms with Gasteiger partial charge in [-0.05, 0) is 66.1 Å². The highest BCUT2D eigenvalue weighted by Gasteiger charge is 2.35. The van der Waals surface area contributed by atoms with E-state index >= 15 is 0 Å². The molecule has 4 rings (SSSR count). The van der Waals surface area contributed by atoms with Gasteiger partial charge in [-0.1, -0.05) is 18.2 Å². The molecule has 0 spiro atoms. The fraction of sp³-hybridized carbons (Fsp3) is 0.389. The minimum Gasteiger partial charge on any atom is -0.348 e. The molecular weight excluding hydrogens is 332 g/mol. The number of fused-ring (bicyclic) bond motifs is 2. The highest BCUT2D eigenvalue weighted by molar-refractivity contribution is 6.39. The van der Waals surface area contributed by atoms with Gasteiger partial charge in [0.05, 0.1) is 5.69 Å². The normalized spacial score (nSPS) is 23.2. The molecule has 3 atom stereocenters. The van der Waals surface area contributed by atoms with E-state index in [0.29, 0.717) is 41.5 Å². The summed E-state index contributed by atoms with van der Waals surface area (Å²) in [6.07, 6.45) is 6.76. The van der Waals surface area contributed by atoms with Crippen LogP contribution in [0.3, 0.4) is 0 Å².